The second kappa shape index (κ2) is 11.6. The second-order valence-electron chi connectivity index (χ2n) is 8.11. The van der Waals surface area contributed by atoms with Crippen molar-refractivity contribution < 1.29 is 28.2 Å². The molecule has 1 fully saturated rings. The normalized spacial score (nSPS) is 15.3. The number of nitrogens with one attached hydrogen (secondary N) is 3. The monoisotopic (exact) mass is 493 g/mol. The summed E-state index contributed by atoms with van der Waals surface area (Å²) < 4.78 is 34.8. The fraction of sp³-hybridized carbons (Fsp3) is 0.455. The van der Waals surface area contributed by atoms with Gasteiger partial charge >= 0.3 is 6.09 Å². The van der Waals surface area contributed by atoms with E-state index in [0.717, 1.165) is 6.07 Å². The number of pyridine rings is 2. The number of nitrogens with zero attached hydrogens (tertiary/aromatic N) is 3. The number of ether oxygens (including phenoxy) is 1. The number of carboxylic acid groups (broad SMARTS) is 1. The molecular formula is C22H29F2N7O4. The Hall–Kier alpha value is -3.74. The molecule has 2 aromatic heterocycles. The summed E-state index contributed by atoms with van der Waals surface area (Å²) in [6.45, 7) is 5.49. The molecule has 6 N–H and O–H groups in total. The third-order valence-electron chi connectivity index (χ3n) is 5.51. The van der Waals surface area contributed by atoms with E-state index in [0.29, 0.717) is 39.1 Å². The molecule has 3 rings (SSSR count). The Morgan fingerprint density at radius 1 is 1.23 bits per heavy atom. The fourth-order valence-corrected chi connectivity index (χ4v) is 3.75. The molecular weight excluding hydrogens is 464 g/mol. The standard InChI is InChI=1S/C22H29F2N7O4/c1-3-4-17(12(2)27-22(33)34)29-20-15(23)10-14(18(25)32)19(30-20)28-13-9-16(24)21(26-11-13)31-5-7-35-8-6-31/h9-12,17,27H,3-8H2,1-2H3,(H2,25,32)(H,33,34)(H2,28,29,30)/t12-,17-/m0/s1. The average molecular weight is 494 g/mol. The minimum atomic E-state index is -1.21. The molecule has 3 heterocycles. The van der Waals surface area contributed by atoms with Gasteiger partial charge < -0.3 is 36.4 Å². The zero-order valence-corrected chi connectivity index (χ0v) is 19.5. The first-order valence-corrected chi connectivity index (χ1v) is 11.2. The summed E-state index contributed by atoms with van der Waals surface area (Å²) in [6.07, 6.45) is 1.36. The summed E-state index contributed by atoms with van der Waals surface area (Å²) in [5.41, 5.74) is 5.34. The van der Waals surface area contributed by atoms with Gasteiger partial charge in [-0.2, -0.15) is 0 Å². The number of hydrogen-bond donors (Lipinski definition) is 5. The predicted octanol–water partition coefficient (Wildman–Crippen LogP) is 2.67. The van der Waals surface area contributed by atoms with Crippen LogP contribution in [0.5, 0.6) is 0 Å². The van der Waals surface area contributed by atoms with E-state index in [-0.39, 0.29) is 28.7 Å². The lowest BCUT2D eigenvalue weighted by molar-refractivity contribution is 0.1000. The molecule has 1 aliphatic rings. The maximum absolute atomic E-state index is 14.8. The van der Waals surface area contributed by atoms with Gasteiger partial charge in [-0.25, -0.2) is 23.5 Å². The van der Waals surface area contributed by atoms with Crippen LogP contribution in [0.2, 0.25) is 0 Å². The van der Waals surface area contributed by atoms with Gasteiger partial charge in [-0.05, 0) is 19.4 Å². The SMILES string of the molecule is CCC[C@H](Nc1nc(Nc2cnc(N3CCOCC3)c(F)c2)c(C(N)=O)cc1F)[C@H](C)NC(=O)O. The zero-order chi connectivity index (χ0) is 25.5. The third kappa shape index (κ3) is 6.66. The molecule has 1 aliphatic heterocycles. The number of aromatic nitrogens is 2. The molecule has 0 spiro atoms. The van der Waals surface area contributed by atoms with Crippen molar-refractivity contribution in [1.82, 2.24) is 15.3 Å². The van der Waals surface area contributed by atoms with E-state index >= 15 is 0 Å². The van der Waals surface area contributed by atoms with Crippen LogP contribution in [0.4, 0.5) is 36.7 Å². The molecule has 0 radical (unpaired) electrons. The van der Waals surface area contributed by atoms with Crippen LogP contribution < -0.4 is 26.6 Å². The Balaban J connectivity index is 1.88. The summed E-state index contributed by atoms with van der Waals surface area (Å²) in [6, 6.07) is 1.06. The van der Waals surface area contributed by atoms with Crippen molar-refractivity contribution in [2.75, 3.05) is 41.8 Å². The Bertz CT molecular complexity index is 1070. The van der Waals surface area contributed by atoms with Gasteiger partial charge in [0.25, 0.3) is 5.91 Å². The van der Waals surface area contributed by atoms with Gasteiger partial charge in [0.1, 0.15) is 5.82 Å². The Morgan fingerprint density at radius 3 is 2.54 bits per heavy atom. The van der Waals surface area contributed by atoms with Crippen LogP contribution in [-0.4, -0.2) is 65.5 Å². The highest BCUT2D eigenvalue weighted by Gasteiger charge is 2.23. The van der Waals surface area contributed by atoms with Crippen molar-refractivity contribution in [2.24, 2.45) is 5.73 Å². The third-order valence-corrected chi connectivity index (χ3v) is 5.51. The Morgan fingerprint density at radius 2 is 1.94 bits per heavy atom. The molecule has 190 valence electrons. The molecule has 0 saturated carbocycles. The average Bonchev–Trinajstić information content (AvgIpc) is 2.80. The number of primary amides is 1. The maximum atomic E-state index is 14.8. The van der Waals surface area contributed by atoms with E-state index in [4.69, 9.17) is 15.6 Å². The van der Waals surface area contributed by atoms with Crippen LogP contribution in [-0.2, 0) is 4.74 Å². The van der Waals surface area contributed by atoms with Crippen molar-refractivity contribution in [3.05, 3.63) is 35.5 Å². The largest absolute Gasteiger partial charge is 0.465 e. The van der Waals surface area contributed by atoms with E-state index in [1.807, 2.05) is 6.92 Å². The molecule has 0 unspecified atom stereocenters. The highest BCUT2D eigenvalue weighted by Crippen LogP contribution is 2.27. The second-order valence-corrected chi connectivity index (χ2v) is 8.11. The number of anilines is 4. The van der Waals surface area contributed by atoms with E-state index in [1.54, 1.807) is 11.8 Å². The summed E-state index contributed by atoms with van der Waals surface area (Å²) in [7, 11) is 0. The lowest BCUT2D eigenvalue weighted by Gasteiger charge is -2.28. The van der Waals surface area contributed by atoms with Gasteiger partial charge in [0.05, 0.1) is 30.7 Å². The van der Waals surface area contributed by atoms with Crippen LogP contribution in [0.25, 0.3) is 0 Å². The summed E-state index contributed by atoms with van der Waals surface area (Å²) in [4.78, 5) is 33.1. The van der Waals surface area contributed by atoms with Crippen molar-refractivity contribution in [3.63, 3.8) is 0 Å². The van der Waals surface area contributed by atoms with E-state index in [1.165, 1.54) is 12.3 Å². The van der Waals surface area contributed by atoms with Crippen molar-refractivity contribution >= 4 is 35.1 Å². The van der Waals surface area contributed by atoms with Crippen LogP contribution in [0.15, 0.2) is 18.3 Å². The molecule has 13 heteroatoms. The first-order chi connectivity index (χ1) is 16.7. The first kappa shape index (κ1) is 25.9. The van der Waals surface area contributed by atoms with Gasteiger partial charge in [-0.1, -0.05) is 13.3 Å². The fourth-order valence-electron chi connectivity index (χ4n) is 3.75. The van der Waals surface area contributed by atoms with Crippen LogP contribution >= 0.6 is 0 Å². The predicted molar refractivity (Wildman–Crippen MR) is 126 cm³/mol. The van der Waals surface area contributed by atoms with Crippen molar-refractivity contribution in [1.29, 1.82) is 0 Å². The van der Waals surface area contributed by atoms with E-state index in [9.17, 15) is 18.4 Å². The number of halogens is 2. The molecule has 35 heavy (non-hydrogen) atoms. The highest BCUT2D eigenvalue weighted by atomic mass is 19.1. The lowest BCUT2D eigenvalue weighted by atomic mass is 10.0. The Kier molecular flexibility index (Phi) is 8.58. The zero-order valence-electron chi connectivity index (χ0n) is 19.5. The number of carbonyl (C=O) groups is 2. The number of hydrogen-bond acceptors (Lipinski definition) is 8. The van der Waals surface area contributed by atoms with E-state index < -0.39 is 35.7 Å². The number of rotatable bonds is 10. The molecule has 0 bridgehead atoms. The summed E-state index contributed by atoms with van der Waals surface area (Å²) >= 11 is 0. The topological polar surface area (TPSA) is 155 Å². The Labute approximate surface area is 201 Å². The minimum Gasteiger partial charge on any atom is -0.465 e. The molecule has 2 aromatic rings. The minimum absolute atomic E-state index is 0.101. The van der Waals surface area contributed by atoms with Gasteiger partial charge in [0, 0.05) is 31.2 Å². The van der Waals surface area contributed by atoms with Gasteiger partial charge in [0.2, 0.25) is 0 Å². The van der Waals surface area contributed by atoms with Gasteiger partial charge in [0.15, 0.2) is 23.3 Å². The maximum Gasteiger partial charge on any atom is 0.404 e. The lowest BCUT2D eigenvalue weighted by Crippen LogP contribution is -2.44. The van der Waals surface area contributed by atoms with Crippen molar-refractivity contribution in [2.45, 2.75) is 38.8 Å². The van der Waals surface area contributed by atoms with Crippen LogP contribution in [0, 0.1) is 11.6 Å². The highest BCUT2D eigenvalue weighted by molar-refractivity contribution is 5.98. The number of carbonyl (C=O) groups excluding carboxylic acids is 1. The quantitative estimate of drug-likeness (QED) is 0.336. The number of morpholine rings is 1. The molecule has 2 atom stereocenters. The van der Waals surface area contributed by atoms with Crippen LogP contribution in [0.3, 0.4) is 0 Å². The number of amides is 2. The van der Waals surface area contributed by atoms with Crippen molar-refractivity contribution in [3.8, 4) is 0 Å². The number of nitrogens with two attached hydrogens (primary N) is 1. The molecule has 0 aliphatic carbocycles. The molecule has 0 aromatic carbocycles. The first-order valence-electron chi connectivity index (χ1n) is 11.2. The van der Waals surface area contributed by atoms with Gasteiger partial charge in [-0.15, -0.1) is 0 Å². The van der Waals surface area contributed by atoms with Crippen LogP contribution in [0.1, 0.15) is 37.0 Å². The molecule has 2 amide bonds. The summed E-state index contributed by atoms with van der Waals surface area (Å²) in [5, 5.41) is 17.0. The van der Waals surface area contributed by atoms with Gasteiger partial charge in [-0.3, -0.25) is 4.79 Å². The summed E-state index contributed by atoms with van der Waals surface area (Å²) in [5.74, 6) is -2.51. The molecule has 1 saturated heterocycles. The van der Waals surface area contributed by atoms with E-state index in [2.05, 4.69) is 25.9 Å². The smallest absolute Gasteiger partial charge is 0.404 e. The molecule has 11 nitrogen and oxygen atoms in total.